The largest absolute Gasteiger partial charge is 0.350 e. The molecule has 4 rings (SSSR count). The molecule has 0 bridgehead atoms. The number of hydrogen-bond donors (Lipinski definition) is 1. The molecule has 30 heavy (non-hydrogen) atoms. The smallest absolute Gasteiger partial charge is 0.282 e. The van der Waals surface area contributed by atoms with Gasteiger partial charge in [-0.15, -0.1) is 11.3 Å². The highest BCUT2D eigenvalue weighted by Gasteiger charge is 2.41. The molecular weight excluding hydrogens is 439 g/mol. The van der Waals surface area contributed by atoms with Gasteiger partial charge in [-0.1, -0.05) is 55.2 Å². The van der Waals surface area contributed by atoms with E-state index in [2.05, 4.69) is 19.2 Å². The quantitative estimate of drug-likeness (QED) is 0.441. The highest BCUT2D eigenvalue weighted by atomic mass is 35.5. The van der Waals surface area contributed by atoms with Crippen molar-refractivity contribution < 1.29 is 9.59 Å². The molecule has 1 aliphatic rings. The van der Waals surface area contributed by atoms with Crippen LogP contribution in [-0.4, -0.2) is 11.8 Å². The molecule has 3 aromatic rings. The lowest BCUT2D eigenvalue weighted by Crippen LogP contribution is -2.32. The van der Waals surface area contributed by atoms with Crippen LogP contribution in [0.3, 0.4) is 0 Å². The van der Waals surface area contributed by atoms with Crippen molar-refractivity contribution in [1.29, 1.82) is 0 Å². The molecule has 0 atom stereocenters. The average molecular weight is 457 g/mol. The summed E-state index contributed by atoms with van der Waals surface area (Å²) in [6.07, 6.45) is 0. The van der Waals surface area contributed by atoms with Gasteiger partial charge in [0.2, 0.25) is 0 Å². The van der Waals surface area contributed by atoms with Crippen LogP contribution in [0.1, 0.15) is 30.2 Å². The fraction of sp³-hybridized carbons (Fsp3) is 0.130. The van der Waals surface area contributed by atoms with Crippen molar-refractivity contribution in [2.75, 3.05) is 10.2 Å². The molecule has 152 valence electrons. The number of imide groups is 1. The molecule has 4 nitrogen and oxygen atoms in total. The number of carbonyl (C=O) groups is 2. The molecule has 0 spiro atoms. The lowest BCUT2D eigenvalue weighted by Gasteiger charge is -2.17. The maximum absolute atomic E-state index is 13.4. The first-order valence-corrected chi connectivity index (χ1v) is 11.0. The third-order valence-electron chi connectivity index (χ3n) is 4.85. The normalized spacial score (nSPS) is 14.2. The van der Waals surface area contributed by atoms with Crippen LogP contribution in [-0.2, 0) is 9.59 Å². The minimum Gasteiger partial charge on any atom is -0.350 e. The Labute approximate surface area is 188 Å². The fourth-order valence-electron chi connectivity index (χ4n) is 3.27. The number of carbonyl (C=O) groups excluding carboxylic acids is 2. The molecule has 0 radical (unpaired) electrons. The Balaban J connectivity index is 1.77. The number of amides is 2. The van der Waals surface area contributed by atoms with E-state index in [1.807, 2.05) is 41.8 Å². The molecule has 7 heteroatoms. The van der Waals surface area contributed by atoms with Gasteiger partial charge >= 0.3 is 0 Å². The standard InChI is InChI=1S/C23H18Cl2N2O2S/c1-13(2)14-5-8-16(9-6-14)26-21-20(19-4-3-11-30-19)22(28)27(23(21)29)18-12-15(24)7-10-17(18)25/h3-13,26H,1-2H3. The predicted octanol–water partition coefficient (Wildman–Crippen LogP) is 6.57. The molecule has 0 saturated carbocycles. The molecule has 2 amide bonds. The van der Waals surface area contributed by atoms with E-state index < -0.39 is 11.8 Å². The van der Waals surface area contributed by atoms with E-state index in [4.69, 9.17) is 23.2 Å². The molecular formula is C23H18Cl2N2O2S. The zero-order valence-corrected chi connectivity index (χ0v) is 18.6. The van der Waals surface area contributed by atoms with Crippen molar-refractivity contribution in [2.45, 2.75) is 19.8 Å². The minimum atomic E-state index is -0.472. The number of halogens is 2. The summed E-state index contributed by atoms with van der Waals surface area (Å²) >= 11 is 13.8. The second kappa shape index (κ2) is 8.26. The Morgan fingerprint density at radius 2 is 1.70 bits per heavy atom. The summed E-state index contributed by atoms with van der Waals surface area (Å²) < 4.78 is 0. The third-order valence-corrected chi connectivity index (χ3v) is 6.29. The second-order valence-electron chi connectivity index (χ2n) is 7.17. The fourth-order valence-corrected chi connectivity index (χ4v) is 4.40. The van der Waals surface area contributed by atoms with E-state index >= 15 is 0 Å². The molecule has 2 aromatic carbocycles. The monoisotopic (exact) mass is 456 g/mol. The number of anilines is 2. The van der Waals surface area contributed by atoms with Crippen LogP contribution in [0.4, 0.5) is 11.4 Å². The average Bonchev–Trinajstić information content (AvgIpc) is 3.32. The van der Waals surface area contributed by atoms with Crippen molar-refractivity contribution in [3.63, 3.8) is 0 Å². The van der Waals surface area contributed by atoms with E-state index in [1.54, 1.807) is 12.1 Å². The number of nitrogens with one attached hydrogen (secondary N) is 1. The summed E-state index contributed by atoms with van der Waals surface area (Å²) in [6.45, 7) is 4.23. The molecule has 0 saturated heterocycles. The zero-order chi connectivity index (χ0) is 21.4. The number of hydrogen-bond acceptors (Lipinski definition) is 4. The number of thiophene rings is 1. The molecule has 0 aliphatic carbocycles. The van der Waals surface area contributed by atoms with Gasteiger partial charge in [-0.3, -0.25) is 9.59 Å². The minimum absolute atomic E-state index is 0.218. The summed E-state index contributed by atoms with van der Waals surface area (Å²) in [5.41, 5.74) is 2.72. The maximum Gasteiger partial charge on any atom is 0.282 e. The Hall–Kier alpha value is -2.60. The van der Waals surface area contributed by atoms with Gasteiger partial charge in [-0.2, -0.15) is 0 Å². The highest BCUT2D eigenvalue weighted by Crippen LogP contribution is 2.39. The van der Waals surface area contributed by atoms with Crippen molar-refractivity contribution >= 4 is 63.3 Å². The lowest BCUT2D eigenvalue weighted by atomic mass is 10.0. The van der Waals surface area contributed by atoms with Crippen molar-refractivity contribution in [1.82, 2.24) is 0 Å². The summed E-state index contributed by atoms with van der Waals surface area (Å²) in [5, 5.41) is 5.68. The Bertz CT molecular complexity index is 1150. The van der Waals surface area contributed by atoms with Gasteiger partial charge in [0.25, 0.3) is 11.8 Å². The summed E-state index contributed by atoms with van der Waals surface area (Å²) in [4.78, 5) is 28.5. The first kappa shape index (κ1) is 20.7. The van der Waals surface area contributed by atoms with Crippen LogP contribution in [0.5, 0.6) is 0 Å². The SMILES string of the molecule is CC(C)c1ccc(NC2=C(c3cccs3)C(=O)N(c3cc(Cl)ccc3Cl)C2=O)cc1. The third kappa shape index (κ3) is 3.76. The highest BCUT2D eigenvalue weighted by molar-refractivity contribution is 7.11. The molecule has 1 N–H and O–H groups in total. The van der Waals surface area contributed by atoms with Crippen LogP contribution in [0.15, 0.2) is 65.7 Å². The van der Waals surface area contributed by atoms with Gasteiger partial charge in [0.05, 0.1) is 16.3 Å². The van der Waals surface area contributed by atoms with Crippen LogP contribution >= 0.6 is 34.5 Å². The van der Waals surface area contributed by atoms with E-state index in [9.17, 15) is 9.59 Å². The van der Waals surface area contributed by atoms with Crippen molar-refractivity contribution in [2.24, 2.45) is 0 Å². The lowest BCUT2D eigenvalue weighted by molar-refractivity contribution is -0.120. The predicted molar refractivity (Wildman–Crippen MR) is 124 cm³/mol. The molecule has 1 aromatic heterocycles. The first-order valence-electron chi connectivity index (χ1n) is 9.35. The number of nitrogens with zero attached hydrogens (tertiary/aromatic N) is 1. The van der Waals surface area contributed by atoms with Gasteiger partial charge < -0.3 is 5.32 Å². The number of benzene rings is 2. The molecule has 0 unspecified atom stereocenters. The van der Waals surface area contributed by atoms with E-state index in [1.165, 1.54) is 23.0 Å². The van der Waals surface area contributed by atoms with E-state index in [-0.39, 0.29) is 16.4 Å². The molecule has 0 fully saturated rings. The first-order chi connectivity index (χ1) is 14.4. The van der Waals surface area contributed by atoms with Crippen LogP contribution < -0.4 is 10.2 Å². The van der Waals surface area contributed by atoms with Gasteiger partial charge in [0.15, 0.2) is 0 Å². The van der Waals surface area contributed by atoms with Crippen LogP contribution in [0.2, 0.25) is 10.0 Å². The van der Waals surface area contributed by atoms with Crippen LogP contribution in [0.25, 0.3) is 5.57 Å². The van der Waals surface area contributed by atoms with E-state index in [0.717, 1.165) is 10.6 Å². The Kier molecular flexibility index (Phi) is 5.69. The maximum atomic E-state index is 13.4. The van der Waals surface area contributed by atoms with Gasteiger partial charge in [-0.25, -0.2) is 4.90 Å². The van der Waals surface area contributed by atoms with Gasteiger partial charge in [0, 0.05) is 15.6 Å². The summed E-state index contributed by atoms with van der Waals surface area (Å²) in [6, 6.07) is 16.2. The number of rotatable bonds is 5. The topological polar surface area (TPSA) is 49.4 Å². The Morgan fingerprint density at radius 3 is 2.33 bits per heavy atom. The molecule has 1 aliphatic heterocycles. The van der Waals surface area contributed by atoms with Gasteiger partial charge in [0.1, 0.15) is 5.70 Å². The zero-order valence-electron chi connectivity index (χ0n) is 16.3. The van der Waals surface area contributed by atoms with Gasteiger partial charge in [-0.05, 0) is 53.3 Å². The Morgan fingerprint density at radius 1 is 0.967 bits per heavy atom. The summed E-state index contributed by atoms with van der Waals surface area (Å²) in [7, 11) is 0. The summed E-state index contributed by atoms with van der Waals surface area (Å²) in [5.74, 6) is -0.511. The van der Waals surface area contributed by atoms with Crippen LogP contribution in [0, 0.1) is 0 Å². The van der Waals surface area contributed by atoms with Crippen molar-refractivity contribution in [3.05, 3.63) is 86.2 Å². The van der Waals surface area contributed by atoms with E-state index in [0.29, 0.717) is 21.4 Å². The molecule has 2 heterocycles. The second-order valence-corrected chi connectivity index (χ2v) is 8.96. The van der Waals surface area contributed by atoms with Crippen molar-refractivity contribution in [3.8, 4) is 0 Å².